The van der Waals surface area contributed by atoms with E-state index in [9.17, 15) is 13.9 Å². The van der Waals surface area contributed by atoms with Gasteiger partial charge in [-0.15, -0.1) is 0 Å². The van der Waals surface area contributed by atoms with Crippen LogP contribution in [0, 0.1) is 0 Å². The van der Waals surface area contributed by atoms with E-state index in [1.54, 1.807) is 19.6 Å². The van der Waals surface area contributed by atoms with E-state index in [1.807, 2.05) is 0 Å². The van der Waals surface area contributed by atoms with Crippen LogP contribution in [0.15, 0.2) is 17.9 Å². The van der Waals surface area contributed by atoms with Gasteiger partial charge in [0.1, 0.15) is 25.7 Å². The molecule has 2 radical (unpaired) electrons. The predicted molar refractivity (Wildman–Crippen MR) is 58.1 cm³/mol. The van der Waals surface area contributed by atoms with Crippen LogP contribution in [0.3, 0.4) is 0 Å². The van der Waals surface area contributed by atoms with Crippen molar-refractivity contribution in [2.75, 3.05) is 6.61 Å². The highest BCUT2D eigenvalue weighted by atomic mass is 19.3. The highest BCUT2D eigenvalue weighted by Gasteiger charge is 2.62. The van der Waals surface area contributed by atoms with Crippen LogP contribution in [-0.2, 0) is 14.2 Å². The van der Waals surface area contributed by atoms with Gasteiger partial charge in [0.05, 0.1) is 12.6 Å². The summed E-state index contributed by atoms with van der Waals surface area (Å²) in [7, 11) is 5.76. The Morgan fingerprint density at radius 1 is 1.50 bits per heavy atom. The van der Waals surface area contributed by atoms with Crippen molar-refractivity contribution in [1.82, 2.24) is 0 Å². The molecule has 0 amide bonds. The third-order valence-electron chi connectivity index (χ3n) is 2.97. The van der Waals surface area contributed by atoms with Gasteiger partial charge in [0.2, 0.25) is 0 Å². The van der Waals surface area contributed by atoms with Gasteiger partial charge in [0.15, 0.2) is 5.79 Å². The molecule has 4 nitrogen and oxygen atoms in total. The van der Waals surface area contributed by atoms with Crippen LogP contribution in [-0.4, -0.2) is 49.2 Å². The summed E-state index contributed by atoms with van der Waals surface area (Å²) in [5.41, 5.74) is 0.413. The molecule has 2 aliphatic heterocycles. The summed E-state index contributed by atoms with van der Waals surface area (Å²) < 4.78 is 40.8. The molecule has 0 aromatic heterocycles. The minimum absolute atomic E-state index is 0.338. The molecular formula is C11H13BF2O4. The summed E-state index contributed by atoms with van der Waals surface area (Å²) in [6.07, 6.45) is -2.44. The van der Waals surface area contributed by atoms with Crippen LogP contribution >= 0.6 is 0 Å². The van der Waals surface area contributed by atoms with Crippen LogP contribution in [0.1, 0.15) is 13.8 Å². The van der Waals surface area contributed by atoms with E-state index in [0.717, 1.165) is 6.08 Å². The second kappa shape index (κ2) is 4.44. The van der Waals surface area contributed by atoms with Gasteiger partial charge in [0, 0.05) is 0 Å². The summed E-state index contributed by atoms with van der Waals surface area (Å²) >= 11 is 0. The smallest absolute Gasteiger partial charge is 0.312 e. The van der Waals surface area contributed by atoms with Crippen molar-refractivity contribution in [2.24, 2.45) is 0 Å². The number of aliphatic hydroxyl groups is 1. The normalized spacial score (nSPS) is 41.3. The van der Waals surface area contributed by atoms with Crippen molar-refractivity contribution in [3.8, 4) is 0 Å². The second-order valence-electron chi connectivity index (χ2n) is 4.72. The number of fused-ring (bicyclic) bond motifs is 1. The van der Waals surface area contributed by atoms with Gasteiger partial charge < -0.3 is 19.3 Å². The Bertz CT molecular complexity index is 404. The number of rotatable bonds is 2. The molecule has 2 heterocycles. The molecular weight excluding hydrogens is 245 g/mol. The quantitative estimate of drug-likeness (QED) is 0.585. The van der Waals surface area contributed by atoms with Gasteiger partial charge in [-0.1, -0.05) is 5.73 Å². The molecule has 4 atom stereocenters. The molecule has 2 fully saturated rings. The maximum atomic E-state index is 12.2. The van der Waals surface area contributed by atoms with E-state index in [0.29, 0.717) is 0 Å². The summed E-state index contributed by atoms with van der Waals surface area (Å²) in [5, 5.41) is 9.19. The Balaban J connectivity index is 2.42. The maximum absolute atomic E-state index is 12.2. The molecule has 1 N–H and O–H groups in total. The maximum Gasteiger partial charge on any atom is 0.312 e. The van der Waals surface area contributed by atoms with E-state index in [4.69, 9.17) is 22.1 Å². The first-order chi connectivity index (χ1) is 8.31. The molecule has 0 aromatic carbocycles. The van der Waals surface area contributed by atoms with E-state index >= 15 is 0 Å². The third-order valence-corrected chi connectivity index (χ3v) is 2.97. The topological polar surface area (TPSA) is 47.9 Å². The van der Waals surface area contributed by atoms with E-state index in [1.165, 1.54) is 0 Å². The zero-order chi connectivity index (χ0) is 13.6. The highest BCUT2D eigenvalue weighted by molar-refractivity contribution is 6.12. The number of halogens is 2. The number of ether oxygens (including phenoxy) is 3. The second-order valence-corrected chi connectivity index (χ2v) is 4.72. The summed E-state index contributed by atoms with van der Waals surface area (Å²) in [6, 6.07) is -1.01. The van der Waals surface area contributed by atoms with Crippen LogP contribution in [0.25, 0.3) is 0 Å². The van der Waals surface area contributed by atoms with Gasteiger partial charge in [-0.05, 0) is 19.9 Å². The Morgan fingerprint density at radius 2 is 2.17 bits per heavy atom. The fourth-order valence-corrected chi connectivity index (χ4v) is 2.36. The van der Waals surface area contributed by atoms with Crippen molar-refractivity contribution in [3.63, 3.8) is 0 Å². The van der Waals surface area contributed by atoms with Gasteiger partial charge >= 0.3 is 6.08 Å². The third kappa shape index (κ3) is 2.13. The van der Waals surface area contributed by atoms with E-state index in [-0.39, 0.29) is 6.61 Å². The van der Waals surface area contributed by atoms with Crippen LogP contribution < -0.4 is 0 Å². The highest BCUT2D eigenvalue weighted by Crippen LogP contribution is 2.46. The number of hydrogen-bond acceptors (Lipinski definition) is 4. The summed E-state index contributed by atoms with van der Waals surface area (Å²) in [4.78, 5) is 0. The van der Waals surface area contributed by atoms with Gasteiger partial charge in [-0.25, -0.2) is 0 Å². The van der Waals surface area contributed by atoms with Crippen LogP contribution in [0.2, 0.25) is 0 Å². The van der Waals surface area contributed by atoms with E-state index in [2.05, 4.69) is 0 Å². The summed E-state index contributed by atoms with van der Waals surface area (Å²) in [6.45, 7) is 2.93. The molecule has 2 rings (SSSR count). The largest absolute Gasteiger partial charge is 0.394 e. The Morgan fingerprint density at radius 3 is 2.72 bits per heavy atom. The molecule has 18 heavy (non-hydrogen) atoms. The number of aliphatic hydroxyl groups excluding tert-OH is 1. The Labute approximate surface area is 105 Å². The zero-order valence-corrected chi connectivity index (χ0v) is 10.0. The number of hydrogen-bond donors (Lipinski definition) is 1. The lowest BCUT2D eigenvalue weighted by Gasteiger charge is -2.27. The molecule has 0 spiro atoms. The van der Waals surface area contributed by atoms with Crippen molar-refractivity contribution >= 4 is 7.85 Å². The first kappa shape index (κ1) is 13.7. The fraction of sp³-hybridized carbons (Fsp3) is 0.727. The molecule has 2 saturated heterocycles. The molecule has 4 unspecified atom stereocenters. The lowest BCUT2D eigenvalue weighted by molar-refractivity contribution is -0.191. The average Bonchev–Trinajstić information content (AvgIpc) is 2.67. The lowest BCUT2D eigenvalue weighted by Crippen LogP contribution is -2.45. The molecule has 0 bridgehead atoms. The average molecular weight is 258 g/mol. The first-order valence-electron chi connectivity index (χ1n) is 5.49. The minimum Gasteiger partial charge on any atom is -0.394 e. The molecule has 7 heteroatoms. The predicted octanol–water partition coefficient (Wildman–Crippen LogP) is 0.698. The minimum atomic E-state index is -1.99. The van der Waals surface area contributed by atoms with E-state index < -0.39 is 35.7 Å². The van der Waals surface area contributed by atoms with Crippen molar-refractivity contribution < 1.29 is 28.1 Å². The lowest BCUT2D eigenvalue weighted by atomic mass is 9.80. The molecule has 0 saturated carbocycles. The molecule has 2 aliphatic rings. The van der Waals surface area contributed by atoms with Crippen molar-refractivity contribution in [1.29, 1.82) is 0 Å². The standard InChI is InChI=1S/C11H13BF2O4/c1-10(2)17-8-6(5-15)16-9(12)11(8,18-10)4-3-7(13)14/h4,6,8-9,15H,5H2,1-2H3. The zero-order valence-electron chi connectivity index (χ0n) is 10.0. The SMILES string of the molecule is [B]C1OC(CO)C2OC(C)(C)OC12C=C=C(F)F. The summed E-state index contributed by atoms with van der Waals surface area (Å²) in [5.74, 6) is -0.996. The first-order valence-corrected chi connectivity index (χ1v) is 5.49. The van der Waals surface area contributed by atoms with Crippen molar-refractivity contribution in [3.05, 3.63) is 17.9 Å². The monoisotopic (exact) mass is 258 g/mol. The molecule has 98 valence electrons. The fourth-order valence-electron chi connectivity index (χ4n) is 2.36. The van der Waals surface area contributed by atoms with Crippen LogP contribution in [0.5, 0.6) is 0 Å². The van der Waals surface area contributed by atoms with Gasteiger partial charge in [-0.2, -0.15) is 8.78 Å². The van der Waals surface area contributed by atoms with Crippen LogP contribution in [0.4, 0.5) is 8.78 Å². The Kier molecular flexibility index (Phi) is 3.38. The van der Waals surface area contributed by atoms with Gasteiger partial charge in [-0.3, -0.25) is 0 Å². The molecule has 0 aliphatic carbocycles. The Hall–Kier alpha value is -0.715. The van der Waals surface area contributed by atoms with Gasteiger partial charge in [0.25, 0.3) is 0 Å². The molecule has 0 aromatic rings. The van der Waals surface area contributed by atoms with Crippen molar-refractivity contribution in [2.45, 2.75) is 43.4 Å².